The van der Waals surface area contributed by atoms with E-state index in [0.717, 1.165) is 24.9 Å². The summed E-state index contributed by atoms with van der Waals surface area (Å²) in [4.78, 5) is 0. The van der Waals surface area contributed by atoms with Gasteiger partial charge in [-0.3, -0.25) is 0 Å². The van der Waals surface area contributed by atoms with Crippen LogP contribution in [0.3, 0.4) is 0 Å². The van der Waals surface area contributed by atoms with Crippen LogP contribution in [-0.4, -0.2) is 13.6 Å². The average Bonchev–Trinajstić information content (AvgIpc) is 2.28. The van der Waals surface area contributed by atoms with Crippen molar-refractivity contribution < 1.29 is 4.39 Å². The van der Waals surface area contributed by atoms with Crippen molar-refractivity contribution in [3.8, 4) is 0 Å². The molecule has 0 amide bonds. The Morgan fingerprint density at radius 2 is 2.18 bits per heavy atom. The van der Waals surface area contributed by atoms with E-state index in [1.165, 1.54) is 12.0 Å². The molecule has 1 aromatic carbocycles. The molecular weight excluding hydrogens is 213 g/mol. The van der Waals surface area contributed by atoms with Crippen LogP contribution in [0.4, 0.5) is 4.39 Å². The summed E-state index contributed by atoms with van der Waals surface area (Å²) in [5.74, 6) is 0.489. The minimum atomic E-state index is -0.0262. The fraction of sp³-hybridized carbons (Fsp3) is 0.600. The molecule has 2 rings (SSSR count). The Bertz CT molecular complexity index is 398. The van der Waals surface area contributed by atoms with Crippen LogP contribution in [0, 0.1) is 5.82 Å². The minimum Gasteiger partial charge on any atom is -0.320 e. The van der Waals surface area contributed by atoms with Crippen LogP contribution in [0.2, 0.25) is 0 Å². The third kappa shape index (κ3) is 2.37. The van der Waals surface area contributed by atoms with Gasteiger partial charge in [0.2, 0.25) is 0 Å². The zero-order chi connectivity index (χ0) is 12.5. The maximum atomic E-state index is 14.0. The number of hydrogen-bond acceptors (Lipinski definition) is 1. The molecule has 0 spiro atoms. The molecule has 0 aliphatic heterocycles. The molecule has 1 aliphatic carbocycles. The molecule has 1 atom stereocenters. The van der Waals surface area contributed by atoms with Gasteiger partial charge in [0.1, 0.15) is 5.82 Å². The smallest absolute Gasteiger partial charge is 0.127 e. The van der Waals surface area contributed by atoms with Gasteiger partial charge in [0.05, 0.1) is 0 Å². The SMILES string of the molecule is CNCCC1CCC(C)(C)c2c(F)cccc21. The normalized spacial score (nSPS) is 22.2. The molecule has 0 aromatic heterocycles. The molecule has 0 heterocycles. The Hall–Kier alpha value is -0.890. The third-order valence-corrected chi connectivity index (χ3v) is 4.02. The van der Waals surface area contributed by atoms with Gasteiger partial charge in [-0.05, 0) is 61.4 Å². The number of hydrogen-bond donors (Lipinski definition) is 1. The Labute approximate surface area is 103 Å². The van der Waals surface area contributed by atoms with Gasteiger partial charge >= 0.3 is 0 Å². The van der Waals surface area contributed by atoms with E-state index in [2.05, 4.69) is 25.2 Å². The van der Waals surface area contributed by atoms with Gasteiger partial charge in [-0.2, -0.15) is 0 Å². The van der Waals surface area contributed by atoms with Crippen molar-refractivity contribution in [3.05, 3.63) is 35.1 Å². The first-order valence-corrected chi connectivity index (χ1v) is 6.50. The lowest BCUT2D eigenvalue weighted by molar-refractivity contribution is 0.364. The number of rotatable bonds is 3. The fourth-order valence-electron chi connectivity index (χ4n) is 3.03. The lowest BCUT2D eigenvalue weighted by Gasteiger charge is -2.37. The van der Waals surface area contributed by atoms with Crippen LogP contribution >= 0.6 is 0 Å². The molecule has 1 N–H and O–H groups in total. The summed E-state index contributed by atoms with van der Waals surface area (Å²) < 4.78 is 14.0. The molecule has 2 heteroatoms. The van der Waals surface area contributed by atoms with E-state index in [1.54, 1.807) is 6.07 Å². The second-order valence-electron chi connectivity index (χ2n) is 5.72. The predicted molar refractivity (Wildman–Crippen MR) is 69.9 cm³/mol. The van der Waals surface area contributed by atoms with E-state index in [1.807, 2.05) is 13.1 Å². The van der Waals surface area contributed by atoms with Gasteiger partial charge in [0.15, 0.2) is 0 Å². The van der Waals surface area contributed by atoms with Crippen molar-refractivity contribution in [2.75, 3.05) is 13.6 Å². The van der Waals surface area contributed by atoms with E-state index in [4.69, 9.17) is 0 Å². The zero-order valence-corrected chi connectivity index (χ0v) is 11.0. The maximum absolute atomic E-state index is 14.0. The first kappa shape index (κ1) is 12.6. The lowest BCUT2D eigenvalue weighted by atomic mass is 9.68. The summed E-state index contributed by atoms with van der Waals surface area (Å²) in [6, 6.07) is 5.56. The largest absolute Gasteiger partial charge is 0.320 e. The average molecular weight is 235 g/mol. The van der Waals surface area contributed by atoms with E-state index in [0.29, 0.717) is 5.92 Å². The van der Waals surface area contributed by atoms with E-state index in [-0.39, 0.29) is 11.2 Å². The number of nitrogens with one attached hydrogen (secondary N) is 1. The summed E-state index contributed by atoms with van der Waals surface area (Å²) in [6.45, 7) is 5.31. The second-order valence-corrected chi connectivity index (χ2v) is 5.72. The highest BCUT2D eigenvalue weighted by molar-refractivity contribution is 5.39. The maximum Gasteiger partial charge on any atom is 0.127 e. The van der Waals surface area contributed by atoms with Gasteiger partial charge in [0, 0.05) is 0 Å². The van der Waals surface area contributed by atoms with E-state index >= 15 is 0 Å². The number of fused-ring (bicyclic) bond motifs is 1. The monoisotopic (exact) mass is 235 g/mol. The van der Waals surface area contributed by atoms with Gasteiger partial charge < -0.3 is 5.32 Å². The summed E-state index contributed by atoms with van der Waals surface area (Å²) in [5, 5.41) is 3.19. The number of benzene rings is 1. The first-order chi connectivity index (χ1) is 8.06. The van der Waals surface area contributed by atoms with Crippen LogP contribution in [0.1, 0.15) is 50.2 Å². The molecule has 0 saturated carbocycles. The summed E-state index contributed by atoms with van der Waals surface area (Å²) in [6.07, 6.45) is 3.35. The Balaban J connectivity index is 2.38. The molecule has 17 heavy (non-hydrogen) atoms. The Kier molecular flexibility index (Phi) is 3.53. The number of halogens is 1. The first-order valence-electron chi connectivity index (χ1n) is 6.50. The van der Waals surface area contributed by atoms with Crippen molar-refractivity contribution in [1.82, 2.24) is 5.32 Å². The highest BCUT2D eigenvalue weighted by Gasteiger charge is 2.34. The molecule has 0 fully saturated rings. The van der Waals surface area contributed by atoms with Crippen LogP contribution in [-0.2, 0) is 5.41 Å². The summed E-state index contributed by atoms with van der Waals surface area (Å²) in [5.41, 5.74) is 2.17. The quantitative estimate of drug-likeness (QED) is 0.844. The third-order valence-electron chi connectivity index (χ3n) is 4.02. The summed E-state index contributed by atoms with van der Waals surface area (Å²) >= 11 is 0. The minimum absolute atomic E-state index is 0.0170. The van der Waals surface area contributed by atoms with Crippen molar-refractivity contribution in [1.29, 1.82) is 0 Å². The molecule has 1 unspecified atom stereocenters. The van der Waals surface area contributed by atoms with Gasteiger partial charge in [-0.15, -0.1) is 0 Å². The van der Waals surface area contributed by atoms with Crippen LogP contribution in [0.25, 0.3) is 0 Å². The Morgan fingerprint density at radius 1 is 1.41 bits per heavy atom. The molecule has 1 aromatic rings. The van der Waals surface area contributed by atoms with Crippen LogP contribution in [0.5, 0.6) is 0 Å². The van der Waals surface area contributed by atoms with Crippen molar-refractivity contribution in [3.63, 3.8) is 0 Å². The zero-order valence-electron chi connectivity index (χ0n) is 11.0. The van der Waals surface area contributed by atoms with E-state index in [9.17, 15) is 4.39 Å². The van der Waals surface area contributed by atoms with Crippen molar-refractivity contribution in [2.24, 2.45) is 0 Å². The van der Waals surface area contributed by atoms with Gasteiger partial charge in [0.25, 0.3) is 0 Å². The van der Waals surface area contributed by atoms with Crippen LogP contribution < -0.4 is 5.32 Å². The molecule has 94 valence electrons. The van der Waals surface area contributed by atoms with Crippen LogP contribution in [0.15, 0.2) is 18.2 Å². The van der Waals surface area contributed by atoms with Gasteiger partial charge in [-0.25, -0.2) is 4.39 Å². The highest BCUT2D eigenvalue weighted by Crippen LogP contribution is 2.44. The Morgan fingerprint density at radius 3 is 2.88 bits per heavy atom. The predicted octanol–water partition coefficient (Wildman–Crippen LogP) is 3.59. The lowest BCUT2D eigenvalue weighted by Crippen LogP contribution is -2.28. The molecule has 0 radical (unpaired) electrons. The van der Waals surface area contributed by atoms with Crippen molar-refractivity contribution in [2.45, 2.75) is 44.4 Å². The van der Waals surface area contributed by atoms with Crippen molar-refractivity contribution >= 4 is 0 Å². The molecule has 1 nitrogen and oxygen atoms in total. The second kappa shape index (κ2) is 4.77. The fourth-order valence-corrected chi connectivity index (χ4v) is 3.03. The molecule has 0 saturated heterocycles. The molecule has 0 bridgehead atoms. The van der Waals surface area contributed by atoms with E-state index < -0.39 is 0 Å². The molecule has 1 aliphatic rings. The highest BCUT2D eigenvalue weighted by atomic mass is 19.1. The summed E-state index contributed by atoms with van der Waals surface area (Å²) in [7, 11) is 1.97. The van der Waals surface area contributed by atoms with Gasteiger partial charge in [-0.1, -0.05) is 26.0 Å². The topological polar surface area (TPSA) is 12.0 Å². The molecular formula is C15H22FN. The standard InChI is InChI=1S/C15H22FN/c1-15(2)9-7-11(8-10-17-3)12-5-4-6-13(16)14(12)15/h4-6,11,17H,7-10H2,1-3H3.